The Morgan fingerprint density at radius 3 is 2.26 bits per heavy atom. The molecule has 0 aliphatic heterocycles. The fraction of sp³-hybridized carbons (Fsp3) is 0.130. The molecule has 0 saturated heterocycles. The van der Waals surface area contributed by atoms with Gasteiger partial charge in [0.2, 0.25) is 10.0 Å². The van der Waals surface area contributed by atoms with Crippen LogP contribution in [0.15, 0.2) is 82.8 Å². The smallest absolute Gasteiger partial charge is 0.269 e. The molecule has 3 aromatic rings. The van der Waals surface area contributed by atoms with Crippen molar-refractivity contribution in [3.63, 3.8) is 0 Å². The van der Waals surface area contributed by atoms with Gasteiger partial charge in [-0.2, -0.15) is 9.41 Å². The standard InChI is InChI=1S/C23H21ClN4O5S/c1-17-2-4-19(5-3-17)15-27(34(32,33)22-12-8-20(24)9-13-22)16-23(29)26-25-14-18-6-10-21(11-7-18)28(30)31/h2-14H,15-16H2,1H3,(H,26,29)/b25-14-. The number of sulfonamides is 1. The Morgan fingerprint density at radius 2 is 1.68 bits per heavy atom. The van der Waals surface area contributed by atoms with Gasteiger partial charge in [-0.15, -0.1) is 0 Å². The van der Waals surface area contributed by atoms with E-state index in [1.807, 2.05) is 19.1 Å². The van der Waals surface area contributed by atoms with Crippen LogP contribution in [0.2, 0.25) is 5.02 Å². The highest BCUT2D eigenvalue weighted by molar-refractivity contribution is 7.89. The Labute approximate surface area is 201 Å². The molecule has 0 aliphatic carbocycles. The maximum Gasteiger partial charge on any atom is 0.269 e. The number of nitrogens with zero attached hydrogens (tertiary/aromatic N) is 3. The summed E-state index contributed by atoms with van der Waals surface area (Å²) >= 11 is 5.88. The van der Waals surface area contributed by atoms with Crippen LogP contribution in [-0.2, 0) is 21.4 Å². The van der Waals surface area contributed by atoms with E-state index >= 15 is 0 Å². The Kier molecular flexibility index (Phi) is 8.11. The summed E-state index contributed by atoms with van der Waals surface area (Å²) in [5.74, 6) is -0.650. The maximum atomic E-state index is 13.2. The summed E-state index contributed by atoms with van der Waals surface area (Å²) in [6.45, 7) is 1.42. The molecule has 0 atom stereocenters. The Bertz CT molecular complexity index is 1290. The summed E-state index contributed by atoms with van der Waals surface area (Å²) in [5.41, 5.74) is 4.49. The van der Waals surface area contributed by atoms with Crippen LogP contribution >= 0.6 is 11.6 Å². The van der Waals surface area contributed by atoms with Crippen LogP contribution in [0.1, 0.15) is 16.7 Å². The molecule has 3 aromatic carbocycles. The largest absolute Gasteiger partial charge is 0.272 e. The minimum Gasteiger partial charge on any atom is -0.272 e. The van der Waals surface area contributed by atoms with Gasteiger partial charge in [0.05, 0.1) is 22.6 Å². The summed E-state index contributed by atoms with van der Waals surface area (Å²) in [5, 5.41) is 14.9. The highest BCUT2D eigenvalue weighted by Crippen LogP contribution is 2.20. The van der Waals surface area contributed by atoms with Crippen LogP contribution in [0.5, 0.6) is 0 Å². The fourth-order valence-electron chi connectivity index (χ4n) is 2.94. The van der Waals surface area contributed by atoms with Crippen LogP contribution < -0.4 is 5.43 Å². The summed E-state index contributed by atoms with van der Waals surface area (Å²) in [4.78, 5) is 22.7. The number of carbonyl (C=O) groups is 1. The van der Waals surface area contributed by atoms with E-state index in [4.69, 9.17) is 11.6 Å². The second-order valence-electron chi connectivity index (χ2n) is 7.35. The highest BCUT2D eigenvalue weighted by Gasteiger charge is 2.27. The molecule has 34 heavy (non-hydrogen) atoms. The SMILES string of the molecule is Cc1ccc(CN(CC(=O)N/N=C\c2ccc([N+](=O)[O-])cc2)S(=O)(=O)c2ccc(Cl)cc2)cc1. The average molecular weight is 501 g/mol. The lowest BCUT2D eigenvalue weighted by molar-refractivity contribution is -0.384. The zero-order valence-electron chi connectivity index (χ0n) is 18.1. The van der Waals surface area contributed by atoms with Crippen molar-refractivity contribution in [2.24, 2.45) is 5.10 Å². The van der Waals surface area contributed by atoms with Crippen molar-refractivity contribution < 1.29 is 18.1 Å². The van der Waals surface area contributed by atoms with E-state index in [-0.39, 0.29) is 17.1 Å². The third-order valence-electron chi connectivity index (χ3n) is 4.76. The first-order valence-electron chi connectivity index (χ1n) is 10.0. The van der Waals surface area contributed by atoms with Gasteiger partial charge in [0.25, 0.3) is 11.6 Å². The lowest BCUT2D eigenvalue weighted by atomic mass is 10.1. The van der Waals surface area contributed by atoms with E-state index in [2.05, 4.69) is 10.5 Å². The molecule has 11 heteroatoms. The Balaban J connectivity index is 1.75. The molecule has 1 N–H and O–H groups in total. The van der Waals surface area contributed by atoms with Crippen molar-refractivity contribution >= 4 is 39.4 Å². The molecule has 0 radical (unpaired) electrons. The van der Waals surface area contributed by atoms with E-state index in [0.29, 0.717) is 16.1 Å². The second-order valence-corrected chi connectivity index (χ2v) is 9.73. The summed E-state index contributed by atoms with van der Waals surface area (Å²) in [6.07, 6.45) is 1.31. The number of carbonyl (C=O) groups excluding carboxylic acids is 1. The summed E-state index contributed by atoms with van der Waals surface area (Å²) < 4.78 is 27.5. The average Bonchev–Trinajstić information content (AvgIpc) is 2.80. The Hall–Kier alpha value is -3.60. The molecule has 9 nitrogen and oxygen atoms in total. The summed E-state index contributed by atoms with van der Waals surface area (Å²) in [7, 11) is -4.01. The number of non-ortho nitro benzene ring substituents is 1. The number of hydrogen-bond acceptors (Lipinski definition) is 6. The number of nitrogens with one attached hydrogen (secondary N) is 1. The van der Waals surface area contributed by atoms with E-state index in [1.165, 1.54) is 54.7 Å². The van der Waals surface area contributed by atoms with Gasteiger partial charge < -0.3 is 0 Å². The van der Waals surface area contributed by atoms with E-state index < -0.39 is 27.4 Å². The fourth-order valence-corrected chi connectivity index (χ4v) is 4.45. The molecule has 0 spiro atoms. The third-order valence-corrected chi connectivity index (χ3v) is 6.82. The number of hydrogen-bond donors (Lipinski definition) is 1. The van der Waals surface area contributed by atoms with Gasteiger partial charge in [0, 0.05) is 23.7 Å². The van der Waals surface area contributed by atoms with E-state index in [1.54, 1.807) is 12.1 Å². The molecular weight excluding hydrogens is 480 g/mol. The first kappa shape index (κ1) is 25.0. The molecule has 0 bridgehead atoms. The lowest BCUT2D eigenvalue weighted by Gasteiger charge is -2.21. The van der Waals surface area contributed by atoms with Gasteiger partial charge in [0.1, 0.15) is 0 Å². The number of benzene rings is 3. The number of nitro groups is 1. The quantitative estimate of drug-likeness (QED) is 0.271. The second kappa shape index (κ2) is 11.0. The van der Waals surface area contributed by atoms with Crippen molar-refractivity contribution in [3.8, 4) is 0 Å². The molecule has 3 rings (SSSR count). The number of hydrazone groups is 1. The van der Waals surface area contributed by atoms with Gasteiger partial charge >= 0.3 is 0 Å². The highest BCUT2D eigenvalue weighted by atomic mass is 35.5. The number of rotatable bonds is 9. The first-order chi connectivity index (χ1) is 16.1. The zero-order chi connectivity index (χ0) is 24.7. The van der Waals surface area contributed by atoms with Crippen LogP contribution in [0.3, 0.4) is 0 Å². The van der Waals surface area contributed by atoms with Crippen molar-refractivity contribution in [1.82, 2.24) is 9.73 Å². The van der Waals surface area contributed by atoms with Gasteiger partial charge in [-0.3, -0.25) is 14.9 Å². The topological polar surface area (TPSA) is 122 Å². The minimum absolute atomic E-state index is 0.00573. The van der Waals surface area contributed by atoms with Gasteiger partial charge in [0.15, 0.2) is 0 Å². The van der Waals surface area contributed by atoms with Crippen molar-refractivity contribution in [1.29, 1.82) is 0 Å². The number of amides is 1. The van der Waals surface area contributed by atoms with Crippen LogP contribution in [0, 0.1) is 17.0 Å². The van der Waals surface area contributed by atoms with Gasteiger partial charge in [-0.25, -0.2) is 13.8 Å². The van der Waals surface area contributed by atoms with Crippen molar-refractivity contribution in [2.75, 3.05) is 6.54 Å². The van der Waals surface area contributed by atoms with Gasteiger partial charge in [-0.05, 0) is 54.4 Å². The lowest BCUT2D eigenvalue weighted by Crippen LogP contribution is -2.39. The van der Waals surface area contributed by atoms with Crippen LogP contribution in [0.4, 0.5) is 5.69 Å². The van der Waals surface area contributed by atoms with Crippen molar-refractivity contribution in [2.45, 2.75) is 18.4 Å². The molecule has 1 amide bonds. The maximum absolute atomic E-state index is 13.2. The monoisotopic (exact) mass is 500 g/mol. The Morgan fingerprint density at radius 1 is 1.06 bits per heavy atom. The molecule has 176 valence electrons. The van der Waals surface area contributed by atoms with Crippen LogP contribution in [-0.4, -0.2) is 36.3 Å². The molecule has 0 aliphatic rings. The molecular formula is C23H21ClN4O5S. The first-order valence-corrected chi connectivity index (χ1v) is 11.8. The molecule has 0 unspecified atom stereocenters. The minimum atomic E-state index is -4.01. The predicted octanol–water partition coefficient (Wildman–Crippen LogP) is 3.90. The predicted molar refractivity (Wildman–Crippen MR) is 129 cm³/mol. The normalized spacial score (nSPS) is 11.6. The molecule has 0 heterocycles. The van der Waals surface area contributed by atoms with E-state index in [0.717, 1.165) is 9.87 Å². The molecule has 0 fully saturated rings. The summed E-state index contributed by atoms with van der Waals surface area (Å²) in [6, 6.07) is 18.6. The molecule has 0 aromatic heterocycles. The van der Waals surface area contributed by atoms with E-state index in [9.17, 15) is 23.3 Å². The van der Waals surface area contributed by atoms with Gasteiger partial charge in [-0.1, -0.05) is 41.4 Å². The zero-order valence-corrected chi connectivity index (χ0v) is 19.7. The number of halogens is 1. The number of nitro benzene ring substituents is 1. The molecule has 0 saturated carbocycles. The van der Waals surface area contributed by atoms with Crippen LogP contribution in [0.25, 0.3) is 0 Å². The third kappa shape index (κ3) is 6.70. The number of aryl methyl sites for hydroxylation is 1. The van der Waals surface area contributed by atoms with Crippen molar-refractivity contribution in [3.05, 3.63) is 105 Å².